The molecule has 3 aromatic heterocycles. The summed E-state index contributed by atoms with van der Waals surface area (Å²) in [6.45, 7) is 0. The van der Waals surface area contributed by atoms with Crippen molar-refractivity contribution in [2.24, 2.45) is 0 Å². The van der Waals surface area contributed by atoms with E-state index in [0.29, 0.717) is 5.56 Å². The predicted molar refractivity (Wildman–Crippen MR) is 277 cm³/mol. The van der Waals surface area contributed by atoms with Crippen LogP contribution in [0.3, 0.4) is 0 Å². The average molecular weight is 779 g/mol. The van der Waals surface area contributed by atoms with Crippen LogP contribution in [0, 0.1) is 0 Å². The van der Waals surface area contributed by atoms with Gasteiger partial charge in [-0.1, -0.05) is 116 Å². The molecule has 0 saturated carbocycles. The molecule has 0 saturated heterocycles. The lowest BCUT2D eigenvalue weighted by atomic mass is 9.64. The summed E-state index contributed by atoms with van der Waals surface area (Å²) in [7, 11) is 91.9. The quantitative estimate of drug-likeness (QED) is 0.164. The second-order valence-electron chi connectivity index (χ2n) is 15.4. The molecule has 0 bridgehead atoms. The molecule has 0 fully saturated rings. The Kier molecular flexibility index (Phi) is 10.1. The summed E-state index contributed by atoms with van der Waals surface area (Å²) < 4.78 is 12.4. The van der Waals surface area contributed by atoms with E-state index in [9.17, 15) is 0 Å². The Morgan fingerprint density at radius 1 is 0.266 bits per heavy atom. The van der Waals surface area contributed by atoms with Crippen molar-refractivity contribution in [3.63, 3.8) is 0 Å². The van der Waals surface area contributed by atoms with Crippen molar-refractivity contribution in [2.75, 3.05) is 0 Å². The first-order chi connectivity index (χ1) is 30.6. The van der Waals surface area contributed by atoms with E-state index < -0.39 is 0 Å². The van der Waals surface area contributed by atoms with Crippen LogP contribution in [0.4, 0.5) is 0 Å². The number of nitrogens with zero attached hydrogens (tertiary/aromatic N) is 3. The van der Waals surface area contributed by atoms with Gasteiger partial charge in [-0.25, -0.2) is 15.0 Å². The Morgan fingerprint density at radius 2 is 0.609 bits per heavy atom. The first-order valence-corrected chi connectivity index (χ1v) is 19.5. The van der Waals surface area contributed by atoms with E-state index in [0.717, 1.165) is 22.3 Å². The second-order valence-corrected chi connectivity index (χ2v) is 15.4. The molecule has 0 aliphatic heterocycles. The highest BCUT2D eigenvalue weighted by molar-refractivity contribution is 6.70. The summed E-state index contributed by atoms with van der Waals surface area (Å²) >= 11 is 0. The fraction of sp³-hybridized carbons (Fsp3) is 0. The Balaban J connectivity index is 1.30. The number of hydrogen-bond acceptors (Lipinski definition) is 5. The zero-order valence-corrected chi connectivity index (χ0v) is 33.7. The fourth-order valence-corrected chi connectivity index (χ4v) is 8.34. The van der Waals surface area contributed by atoms with Gasteiger partial charge in [0.05, 0.1) is 0 Å². The number of fused-ring (bicyclic) bond motifs is 6. The van der Waals surface area contributed by atoms with Crippen LogP contribution in [-0.4, -0.2) is 125 Å². The summed E-state index contributed by atoms with van der Waals surface area (Å²) in [6, 6.07) is 25.8. The smallest absolute Gasteiger partial charge is 0.164 e. The first-order valence-electron chi connectivity index (χ1n) is 19.5. The van der Waals surface area contributed by atoms with E-state index in [2.05, 4.69) is 6.07 Å². The van der Waals surface area contributed by atoms with Crippen molar-refractivity contribution < 1.29 is 8.83 Å². The minimum absolute atomic E-state index is 0.00125. The molecule has 10 aromatic rings. The molecule has 0 aliphatic carbocycles. The van der Waals surface area contributed by atoms with E-state index in [1.54, 1.807) is 0 Å². The van der Waals surface area contributed by atoms with Crippen molar-refractivity contribution in [3.8, 4) is 56.4 Å². The van der Waals surface area contributed by atoms with Crippen LogP contribution < -0.4 is 76.5 Å². The van der Waals surface area contributed by atoms with E-state index >= 15 is 0 Å². The monoisotopic (exact) mass is 781 g/mol. The number of benzene rings is 7. The van der Waals surface area contributed by atoms with Crippen LogP contribution in [0.15, 0.2) is 87.7 Å². The van der Waals surface area contributed by atoms with Crippen molar-refractivity contribution in [1.29, 1.82) is 0 Å². The van der Waals surface area contributed by atoms with E-state index in [4.69, 9.17) is 134 Å². The minimum atomic E-state index is -0.0450. The van der Waals surface area contributed by atoms with E-state index in [1.165, 1.54) is 0 Å². The Labute approximate surface area is 387 Å². The Morgan fingerprint density at radius 3 is 1.16 bits per heavy atom. The number of rotatable bonds is 5. The molecule has 0 unspecified atom stereocenters. The van der Waals surface area contributed by atoms with Crippen LogP contribution in [-0.2, 0) is 0 Å². The summed E-state index contributed by atoms with van der Waals surface area (Å²) in [4.78, 5) is 15.0. The van der Waals surface area contributed by atoms with Gasteiger partial charge in [0.15, 0.2) is 17.5 Å². The van der Waals surface area contributed by atoms with Gasteiger partial charge in [-0.05, 0) is 34.4 Å². The van der Waals surface area contributed by atoms with Gasteiger partial charge in [0.25, 0.3) is 0 Å². The molecule has 5 nitrogen and oxygen atoms in total. The largest absolute Gasteiger partial charge is 0.457 e. The molecule has 0 amide bonds. The first kappa shape index (κ1) is 42.0. The molecule has 262 valence electrons. The standard InChI is InChI=1S/C45H13B14N3O2/c46-25-21-22-27(48)31(52)34(55)38(59)42(22)64-41(21)35(56)29(50)24(25)45-61-43(18-11-5-10-17(13-18)16-9-4-8-15(12-16)14-6-2-1-3-7-14)60-44(62-45)23-19-20-26(47)30(51)33(54)37(58)40(20)63-39(19)36(57)32(53)28(23)49/h1-13H. The van der Waals surface area contributed by atoms with Crippen LogP contribution in [0.2, 0.25) is 0 Å². The molecular weight excluding hydrogens is 766 g/mol. The normalized spacial score (nSPS) is 11.7. The number of hydrogen-bond donors (Lipinski definition) is 0. The average Bonchev–Trinajstić information content (AvgIpc) is 3.92. The predicted octanol–water partition coefficient (Wildman–Crippen LogP) is -4.88. The zero-order chi connectivity index (χ0) is 45.2. The molecule has 19 heteroatoms. The van der Waals surface area contributed by atoms with E-state index in [-0.39, 0.29) is 149 Å². The third kappa shape index (κ3) is 6.16. The number of furan rings is 2. The highest BCUT2D eigenvalue weighted by atomic mass is 16.3. The summed E-state index contributed by atoms with van der Waals surface area (Å²) in [5.41, 5.74) is 5.16. The van der Waals surface area contributed by atoms with E-state index in [1.807, 2.05) is 72.8 Å². The minimum Gasteiger partial charge on any atom is -0.457 e. The molecule has 0 atom stereocenters. The van der Waals surface area contributed by atoms with Crippen LogP contribution in [0.25, 0.3) is 100 Å². The highest BCUT2D eigenvalue weighted by Crippen LogP contribution is 2.35. The lowest BCUT2D eigenvalue weighted by Gasteiger charge is -2.19. The third-order valence-electron chi connectivity index (χ3n) is 11.8. The maximum absolute atomic E-state index is 7.07. The maximum Gasteiger partial charge on any atom is 0.164 e. The SMILES string of the molecule is [B]c1c([B])c([B])c2c(oc3c([B])c([B])c(-c4nc(-c5cccc(-c6cccc(-c7ccccc7)c6)c5)nc(-c5c([B])c([B])c([B])c6oc7c([B])c([B])c([B])c([B])c7c56)n4)c([B])c32)c1[B]. The van der Waals surface area contributed by atoms with Gasteiger partial charge in [-0.2, -0.15) is 0 Å². The number of aromatic nitrogens is 3. The lowest BCUT2D eigenvalue weighted by molar-refractivity contribution is 0.674. The second kappa shape index (κ2) is 15.4. The zero-order valence-electron chi connectivity index (χ0n) is 33.7. The van der Waals surface area contributed by atoms with Gasteiger partial charge in [0.2, 0.25) is 0 Å². The van der Waals surface area contributed by atoms with Crippen LogP contribution in [0.1, 0.15) is 0 Å². The van der Waals surface area contributed by atoms with Gasteiger partial charge >= 0.3 is 0 Å². The molecule has 7 aromatic carbocycles. The fourth-order valence-electron chi connectivity index (χ4n) is 8.34. The van der Waals surface area contributed by atoms with Gasteiger partial charge in [-0.15, -0.1) is 27.3 Å². The lowest BCUT2D eigenvalue weighted by Crippen LogP contribution is -2.47. The third-order valence-corrected chi connectivity index (χ3v) is 11.8. The Hall–Kier alpha value is -5.94. The molecule has 10 rings (SSSR count). The van der Waals surface area contributed by atoms with Gasteiger partial charge in [0.1, 0.15) is 132 Å². The summed E-state index contributed by atoms with van der Waals surface area (Å²) in [6.07, 6.45) is 0. The topological polar surface area (TPSA) is 65.0 Å². The van der Waals surface area contributed by atoms with Gasteiger partial charge in [-0.3, -0.25) is 0 Å². The molecular formula is C45H13B14N3O2. The van der Waals surface area contributed by atoms with Gasteiger partial charge in [0, 0.05) is 38.2 Å². The summed E-state index contributed by atoms with van der Waals surface area (Å²) in [5, 5.41) is 0.998. The van der Waals surface area contributed by atoms with Crippen molar-refractivity contribution in [2.45, 2.75) is 0 Å². The van der Waals surface area contributed by atoms with Crippen molar-refractivity contribution >= 4 is 230 Å². The van der Waals surface area contributed by atoms with Crippen LogP contribution >= 0.6 is 0 Å². The van der Waals surface area contributed by atoms with Gasteiger partial charge < -0.3 is 8.83 Å². The summed E-state index contributed by atoms with van der Waals surface area (Å²) in [5.74, 6) is 0.0803. The van der Waals surface area contributed by atoms with Crippen molar-refractivity contribution in [1.82, 2.24) is 15.0 Å². The molecule has 28 radical (unpaired) electrons. The van der Waals surface area contributed by atoms with Crippen LogP contribution in [0.5, 0.6) is 0 Å². The molecule has 0 spiro atoms. The Bertz CT molecular complexity index is 3680. The molecule has 0 N–H and O–H groups in total. The highest BCUT2D eigenvalue weighted by Gasteiger charge is 2.27. The molecule has 0 aliphatic rings. The molecule has 64 heavy (non-hydrogen) atoms. The maximum atomic E-state index is 7.07. The van der Waals surface area contributed by atoms with Crippen molar-refractivity contribution in [3.05, 3.63) is 78.9 Å². The molecule has 3 heterocycles.